The Morgan fingerprint density at radius 1 is 1.44 bits per heavy atom. The fourth-order valence-electron chi connectivity index (χ4n) is 2.30. The van der Waals surface area contributed by atoms with Crippen molar-refractivity contribution in [2.45, 2.75) is 12.5 Å². The minimum Gasteiger partial charge on any atom is -0.481 e. The van der Waals surface area contributed by atoms with E-state index in [1.165, 1.54) is 6.07 Å². The van der Waals surface area contributed by atoms with E-state index in [9.17, 15) is 9.18 Å². The summed E-state index contributed by atoms with van der Waals surface area (Å²) in [5, 5.41) is 8.88. The van der Waals surface area contributed by atoms with Gasteiger partial charge >= 0.3 is 5.97 Å². The van der Waals surface area contributed by atoms with Crippen LogP contribution in [0.5, 0.6) is 0 Å². The Bertz CT molecular complexity index is 439. The number of rotatable bonds is 3. The van der Waals surface area contributed by atoms with Gasteiger partial charge in [0, 0.05) is 25.7 Å². The first-order valence-corrected chi connectivity index (χ1v) is 5.99. The molecule has 1 saturated heterocycles. The molecule has 0 aliphatic carbocycles. The summed E-state index contributed by atoms with van der Waals surface area (Å²) in [5.41, 5.74) is 0.556. The average molecular weight is 252 g/mol. The highest BCUT2D eigenvalue weighted by atomic mass is 19.1. The van der Waals surface area contributed by atoms with Crippen LogP contribution in [0.15, 0.2) is 24.3 Å². The van der Waals surface area contributed by atoms with Gasteiger partial charge in [0.1, 0.15) is 5.82 Å². The maximum Gasteiger partial charge on any atom is 0.305 e. The first-order valence-electron chi connectivity index (χ1n) is 5.99. The Labute approximate surface area is 106 Å². The molecular formula is C13H17FN2O2. The highest BCUT2D eigenvalue weighted by molar-refractivity contribution is 5.67. The summed E-state index contributed by atoms with van der Waals surface area (Å²) < 4.78 is 13.7. The molecule has 1 aromatic rings. The summed E-state index contributed by atoms with van der Waals surface area (Å²) in [6.45, 7) is 2.00. The number of hydrogen-bond donors (Lipinski definition) is 1. The van der Waals surface area contributed by atoms with E-state index >= 15 is 0 Å². The second-order valence-electron chi connectivity index (χ2n) is 4.63. The number of carboxylic acids is 1. The first kappa shape index (κ1) is 12.8. The molecule has 1 unspecified atom stereocenters. The van der Waals surface area contributed by atoms with Gasteiger partial charge in [0.15, 0.2) is 0 Å². The van der Waals surface area contributed by atoms with Gasteiger partial charge in [-0.05, 0) is 19.2 Å². The third-order valence-electron chi connectivity index (χ3n) is 3.38. The summed E-state index contributed by atoms with van der Waals surface area (Å²) in [6.07, 6.45) is 0.0848. The number of benzene rings is 1. The van der Waals surface area contributed by atoms with Crippen molar-refractivity contribution in [2.75, 3.05) is 31.6 Å². The summed E-state index contributed by atoms with van der Waals surface area (Å²) in [6, 6.07) is 6.54. The summed E-state index contributed by atoms with van der Waals surface area (Å²) in [7, 11) is 1.91. The van der Waals surface area contributed by atoms with Crippen molar-refractivity contribution in [1.29, 1.82) is 0 Å². The number of nitrogens with zero attached hydrogens (tertiary/aromatic N) is 2. The number of anilines is 1. The van der Waals surface area contributed by atoms with Gasteiger partial charge in [0.25, 0.3) is 0 Å². The summed E-state index contributed by atoms with van der Waals surface area (Å²) >= 11 is 0. The van der Waals surface area contributed by atoms with Crippen LogP contribution in [0.3, 0.4) is 0 Å². The zero-order valence-corrected chi connectivity index (χ0v) is 10.3. The number of carbonyl (C=O) groups is 1. The Hall–Kier alpha value is -1.62. The molecule has 0 saturated carbocycles. The van der Waals surface area contributed by atoms with E-state index in [0.29, 0.717) is 18.8 Å². The number of likely N-dealkylation sites (N-methyl/N-ethyl adjacent to an activating group) is 1. The zero-order valence-electron chi connectivity index (χ0n) is 10.3. The Morgan fingerprint density at radius 3 is 2.83 bits per heavy atom. The van der Waals surface area contributed by atoms with Crippen LogP contribution in [0, 0.1) is 5.82 Å². The molecule has 0 amide bonds. The summed E-state index contributed by atoms with van der Waals surface area (Å²) in [5.74, 6) is -1.07. The van der Waals surface area contributed by atoms with Gasteiger partial charge < -0.3 is 10.0 Å². The van der Waals surface area contributed by atoms with E-state index in [4.69, 9.17) is 5.11 Å². The number of piperazine rings is 1. The predicted octanol–water partition coefficient (Wildman–Crippen LogP) is 1.42. The van der Waals surface area contributed by atoms with Crippen LogP contribution < -0.4 is 4.90 Å². The van der Waals surface area contributed by atoms with Crippen molar-refractivity contribution in [1.82, 2.24) is 4.90 Å². The molecule has 4 nitrogen and oxygen atoms in total. The topological polar surface area (TPSA) is 43.8 Å². The molecule has 0 aromatic heterocycles. The zero-order chi connectivity index (χ0) is 13.1. The van der Waals surface area contributed by atoms with E-state index < -0.39 is 5.97 Å². The Morgan fingerprint density at radius 2 is 2.17 bits per heavy atom. The van der Waals surface area contributed by atoms with Gasteiger partial charge in [0.2, 0.25) is 0 Å². The molecule has 2 rings (SSSR count). The molecule has 1 aliphatic rings. The number of hydrogen-bond acceptors (Lipinski definition) is 3. The van der Waals surface area contributed by atoms with Crippen LogP contribution in [-0.2, 0) is 4.79 Å². The lowest BCUT2D eigenvalue weighted by Crippen LogP contribution is -2.52. The monoisotopic (exact) mass is 252 g/mol. The predicted molar refractivity (Wildman–Crippen MR) is 67.3 cm³/mol. The molecule has 0 spiro atoms. The normalized spacial score (nSPS) is 21.0. The molecule has 18 heavy (non-hydrogen) atoms. The Kier molecular flexibility index (Phi) is 3.81. The van der Waals surface area contributed by atoms with Gasteiger partial charge in [-0.2, -0.15) is 0 Å². The van der Waals surface area contributed by atoms with Gasteiger partial charge in [0.05, 0.1) is 12.1 Å². The van der Waals surface area contributed by atoms with Crippen molar-refractivity contribution < 1.29 is 14.3 Å². The first-order chi connectivity index (χ1) is 8.58. The maximum atomic E-state index is 13.7. The molecule has 1 fully saturated rings. The highest BCUT2D eigenvalue weighted by Gasteiger charge is 2.27. The minimum absolute atomic E-state index is 0.0733. The van der Waals surface area contributed by atoms with E-state index in [2.05, 4.69) is 0 Å². The fraction of sp³-hybridized carbons (Fsp3) is 0.462. The van der Waals surface area contributed by atoms with E-state index in [-0.39, 0.29) is 18.3 Å². The van der Waals surface area contributed by atoms with Crippen molar-refractivity contribution in [2.24, 2.45) is 0 Å². The Balaban J connectivity index is 2.12. The number of carboxylic acid groups (broad SMARTS) is 1. The van der Waals surface area contributed by atoms with Crippen LogP contribution in [0.2, 0.25) is 0 Å². The van der Waals surface area contributed by atoms with E-state index in [1.807, 2.05) is 16.8 Å². The van der Waals surface area contributed by atoms with Crippen LogP contribution in [0.4, 0.5) is 10.1 Å². The quantitative estimate of drug-likeness (QED) is 0.883. The summed E-state index contributed by atoms with van der Waals surface area (Å²) in [4.78, 5) is 14.7. The van der Waals surface area contributed by atoms with Crippen LogP contribution in [-0.4, -0.2) is 48.7 Å². The molecule has 0 radical (unpaired) electrons. The van der Waals surface area contributed by atoms with Crippen LogP contribution in [0.25, 0.3) is 0 Å². The molecule has 98 valence electrons. The molecule has 1 N–H and O–H groups in total. The van der Waals surface area contributed by atoms with Gasteiger partial charge in [-0.3, -0.25) is 9.69 Å². The van der Waals surface area contributed by atoms with Crippen molar-refractivity contribution in [3.63, 3.8) is 0 Å². The molecule has 1 aromatic carbocycles. The lowest BCUT2D eigenvalue weighted by molar-refractivity contribution is -0.138. The maximum absolute atomic E-state index is 13.7. The van der Waals surface area contributed by atoms with Gasteiger partial charge in [-0.1, -0.05) is 12.1 Å². The lowest BCUT2D eigenvalue weighted by atomic mass is 10.1. The van der Waals surface area contributed by atoms with Crippen molar-refractivity contribution in [3.05, 3.63) is 30.1 Å². The molecule has 5 heteroatoms. The number of halogens is 1. The van der Waals surface area contributed by atoms with Crippen LogP contribution in [0.1, 0.15) is 6.42 Å². The molecule has 1 aliphatic heterocycles. The highest BCUT2D eigenvalue weighted by Crippen LogP contribution is 2.22. The SMILES string of the molecule is CN1CCN(c2ccccc2F)CC1CC(=O)O. The fourth-order valence-corrected chi connectivity index (χ4v) is 2.30. The van der Waals surface area contributed by atoms with Gasteiger partial charge in [-0.15, -0.1) is 0 Å². The molecule has 0 bridgehead atoms. The van der Waals surface area contributed by atoms with Crippen LogP contribution >= 0.6 is 0 Å². The third-order valence-corrected chi connectivity index (χ3v) is 3.38. The van der Waals surface area contributed by atoms with Gasteiger partial charge in [-0.25, -0.2) is 4.39 Å². The largest absolute Gasteiger partial charge is 0.481 e. The molecular weight excluding hydrogens is 235 g/mol. The molecule has 1 atom stereocenters. The lowest BCUT2D eigenvalue weighted by Gasteiger charge is -2.40. The van der Waals surface area contributed by atoms with E-state index in [0.717, 1.165) is 6.54 Å². The second-order valence-corrected chi connectivity index (χ2v) is 4.63. The minimum atomic E-state index is -0.817. The second kappa shape index (κ2) is 5.35. The van der Waals surface area contributed by atoms with E-state index in [1.54, 1.807) is 18.2 Å². The standard InChI is InChI=1S/C13H17FN2O2/c1-15-6-7-16(9-10(15)8-13(17)18)12-5-3-2-4-11(12)14/h2-5,10H,6-9H2,1H3,(H,17,18). The smallest absolute Gasteiger partial charge is 0.305 e. The average Bonchev–Trinajstić information content (AvgIpc) is 2.32. The van der Waals surface area contributed by atoms with Crippen molar-refractivity contribution in [3.8, 4) is 0 Å². The third kappa shape index (κ3) is 2.79. The van der Waals surface area contributed by atoms with Crippen molar-refractivity contribution >= 4 is 11.7 Å². The number of para-hydroxylation sites is 1. The number of aliphatic carboxylic acids is 1. The molecule has 1 heterocycles.